The summed E-state index contributed by atoms with van der Waals surface area (Å²) < 4.78 is 0.903. The maximum atomic E-state index is 11.3. The second kappa shape index (κ2) is 3.62. The normalized spacial score (nSPS) is 10.2. The molecule has 0 bridgehead atoms. The van der Waals surface area contributed by atoms with Crippen molar-refractivity contribution in [2.45, 2.75) is 27.7 Å². The molecule has 0 unspecified atom stereocenters. The summed E-state index contributed by atoms with van der Waals surface area (Å²) in [7, 11) is 0. The predicted octanol–water partition coefficient (Wildman–Crippen LogP) is 3.58. The molecule has 0 fully saturated rings. The predicted molar refractivity (Wildman–Crippen MR) is 58.4 cm³/mol. The number of hydrogen-bond acceptors (Lipinski definition) is 1. The second-order valence-electron chi connectivity index (χ2n) is 3.36. The molecule has 0 aromatic heterocycles. The van der Waals surface area contributed by atoms with Crippen molar-refractivity contribution in [1.82, 2.24) is 0 Å². The highest BCUT2D eigenvalue weighted by atomic mass is 79.9. The minimum atomic E-state index is 0.118. The van der Waals surface area contributed by atoms with E-state index in [4.69, 9.17) is 0 Å². The lowest BCUT2D eigenvalue weighted by Crippen LogP contribution is -2.01. The SMILES string of the molecule is CC(=O)c1c(Br)cc(C)c(C)c1C. The van der Waals surface area contributed by atoms with Crippen molar-refractivity contribution in [3.05, 3.63) is 32.8 Å². The van der Waals surface area contributed by atoms with Gasteiger partial charge in [-0.25, -0.2) is 0 Å². The van der Waals surface area contributed by atoms with E-state index < -0.39 is 0 Å². The number of carbonyl (C=O) groups is 1. The van der Waals surface area contributed by atoms with Crippen molar-refractivity contribution < 1.29 is 4.79 Å². The molecule has 0 saturated heterocycles. The van der Waals surface area contributed by atoms with Crippen LogP contribution in [0.2, 0.25) is 0 Å². The molecule has 1 rings (SSSR count). The van der Waals surface area contributed by atoms with E-state index in [1.54, 1.807) is 6.92 Å². The summed E-state index contributed by atoms with van der Waals surface area (Å²) >= 11 is 3.41. The topological polar surface area (TPSA) is 17.1 Å². The first-order valence-corrected chi connectivity index (χ1v) is 5.01. The van der Waals surface area contributed by atoms with E-state index in [9.17, 15) is 4.79 Å². The van der Waals surface area contributed by atoms with Gasteiger partial charge in [-0.3, -0.25) is 4.79 Å². The van der Waals surface area contributed by atoms with Crippen LogP contribution in [-0.4, -0.2) is 5.78 Å². The number of aryl methyl sites for hydroxylation is 1. The Labute approximate surface area is 87.3 Å². The first-order valence-electron chi connectivity index (χ1n) is 4.22. The molecule has 0 radical (unpaired) electrons. The summed E-state index contributed by atoms with van der Waals surface area (Å²) in [6, 6.07) is 2.00. The zero-order valence-electron chi connectivity index (χ0n) is 8.36. The highest BCUT2D eigenvalue weighted by molar-refractivity contribution is 9.10. The van der Waals surface area contributed by atoms with Gasteiger partial charge in [-0.2, -0.15) is 0 Å². The van der Waals surface area contributed by atoms with Gasteiger partial charge in [0.05, 0.1) is 0 Å². The summed E-state index contributed by atoms with van der Waals surface area (Å²) in [5.41, 5.74) is 4.31. The van der Waals surface area contributed by atoms with Crippen LogP contribution < -0.4 is 0 Å². The van der Waals surface area contributed by atoms with E-state index in [0.29, 0.717) is 0 Å². The Morgan fingerprint density at radius 3 is 2.23 bits per heavy atom. The van der Waals surface area contributed by atoms with Crippen LogP contribution in [0.1, 0.15) is 34.0 Å². The third-order valence-corrected chi connectivity index (χ3v) is 3.09. The maximum Gasteiger partial charge on any atom is 0.161 e. The fraction of sp³-hybridized carbons (Fsp3) is 0.364. The summed E-state index contributed by atoms with van der Waals surface area (Å²) in [6.07, 6.45) is 0. The molecule has 2 heteroatoms. The minimum Gasteiger partial charge on any atom is -0.294 e. The van der Waals surface area contributed by atoms with Crippen LogP contribution in [0, 0.1) is 20.8 Å². The maximum absolute atomic E-state index is 11.3. The molecule has 1 aromatic rings. The van der Waals surface area contributed by atoms with Gasteiger partial charge in [-0.15, -0.1) is 0 Å². The van der Waals surface area contributed by atoms with E-state index in [1.165, 1.54) is 11.1 Å². The molecule has 0 heterocycles. The van der Waals surface area contributed by atoms with Crippen molar-refractivity contribution in [2.24, 2.45) is 0 Å². The molecule has 0 spiro atoms. The van der Waals surface area contributed by atoms with E-state index in [2.05, 4.69) is 22.9 Å². The molecule has 0 aliphatic rings. The summed E-state index contributed by atoms with van der Waals surface area (Å²) in [6.45, 7) is 7.69. The molecule has 13 heavy (non-hydrogen) atoms. The first-order chi connectivity index (χ1) is 5.95. The van der Waals surface area contributed by atoms with Crippen molar-refractivity contribution in [2.75, 3.05) is 0 Å². The van der Waals surface area contributed by atoms with E-state index in [0.717, 1.165) is 15.6 Å². The van der Waals surface area contributed by atoms with Crippen LogP contribution in [0.15, 0.2) is 10.5 Å². The molecule has 0 amide bonds. The van der Waals surface area contributed by atoms with E-state index in [-0.39, 0.29) is 5.78 Å². The third-order valence-electron chi connectivity index (χ3n) is 2.46. The number of ketones is 1. The van der Waals surface area contributed by atoms with Crippen molar-refractivity contribution in [3.63, 3.8) is 0 Å². The van der Waals surface area contributed by atoms with Gasteiger partial charge in [-0.1, -0.05) is 15.9 Å². The Kier molecular flexibility index (Phi) is 2.91. The molecule has 0 aliphatic carbocycles. The lowest BCUT2D eigenvalue weighted by Gasteiger charge is -2.11. The lowest BCUT2D eigenvalue weighted by atomic mass is 9.97. The van der Waals surface area contributed by atoms with E-state index in [1.807, 2.05) is 19.9 Å². The molecular formula is C11H13BrO. The molecular weight excluding hydrogens is 228 g/mol. The van der Waals surface area contributed by atoms with Crippen LogP contribution in [-0.2, 0) is 0 Å². The Bertz CT molecular complexity index is 367. The van der Waals surface area contributed by atoms with Crippen LogP contribution in [0.3, 0.4) is 0 Å². The Hall–Kier alpha value is -0.630. The van der Waals surface area contributed by atoms with Gasteiger partial charge in [0.25, 0.3) is 0 Å². The number of halogens is 1. The Morgan fingerprint density at radius 1 is 1.23 bits per heavy atom. The fourth-order valence-corrected chi connectivity index (χ4v) is 2.39. The number of carbonyl (C=O) groups excluding carboxylic acids is 1. The summed E-state index contributed by atoms with van der Waals surface area (Å²) in [4.78, 5) is 11.3. The quantitative estimate of drug-likeness (QED) is 0.687. The molecule has 0 saturated carbocycles. The molecule has 1 nitrogen and oxygen atoms in total. The Balaban J connectivity index is 3.53. The van der Waals surface area contributed by atoms with Crippen LogP contribution in [0.5, 0.6) is 0 Å². The van der Waals surface area contributed by atoms with Crippen molar-refractivity contribution in [1.29, 1.82) is 0 Å². The number of hydrogen-bond donors (Lipinski definition) is 0. The van der Waals surface area contributed by atoms with Gasteiger partial charge < -0.3 is 0 Å². The smallest absolute Gasteiger partial charge is 0.161 e. The molecule has 0 N–H and O–H groups in total. The summed E-state index contributed by atoms with van der Waals surface area (Å²) in [5, 5.41) is 0. The van der Waals surface area contributed by atoms with Gasteiger partial charge >= 0.3 is 0 Å². The lowest BCUT2D eigenvalue weighted by molar-refractivity contribution is 0.101. The van der Waals surface area contributed by atoms with Gasteiger partial charge in [0, 0.05) is 10.0 Å². The monoisotopic (exact) mass is 240 g/mol. The molecule has 1 aromatic carbocycles. The standard InChI is InChI=1S/C11H13BrO/c1-6-5-10(12)11(9(4)13)8(3)7(6)2/h5H,1-4H3. The highest BCUT2D eigenvalue weighted by Crippen LogP contribution is 2.26. The zero-order chi connectivity index (χ0) is 10.2. The van der Waals surface area contributed by atoms with Gasteiger partial charge in [0.15, 0.2) is 5.78 Å². The largest absolute Gasteiger partial charge is 0.294 e. The average Bonchev–Trinajstić information content (AvgIpc) is 1.99. The van der Waals surface area contributed by atoms with Gasteiger partial charge in [0.1, 0.15) is 0 Å². The number of benzene rings is 1. The zero-order valence-corrected chi connectivity index (χ0v) is 9.95. The van der Waals surface area contributed by atoms with Gasteiger partial charge in [-0.05, 0) is 50.5 Å². The fourth-order valence-electron chi connectivity index (χ4n) is 1.47. The number of Topliss-reactive ketones (excluding diaryl/α,β-unsaturated/α-hetero) is 1. The first kappa shape index (κ1) is 10.5. The Morgan fingerprint density at radius 2 is 1.77 bits per heavy atom. The highest BCUT2D eigenvalue weighted by Gasteiger charge is 2.12. The van der Waals surface area contributed by atoms with Crippen LogP contribution in [0.25, 0.3) is 0 Å². The number of rotatable bonds is 1. The van der Waals surface area contributed by atoms with Crippen molar-refractivity contribution in [3.8, 4) is 0 Å². The summed E-state index contributed by atoms with van der Waals surface area (Å²) in [5.74, 6) is 0.118. The molecule has 0 atom stereocenters. The molecule has 70 valence electrons. The van der Waals surface area contributed by atoms with E-state index >= 15 is 0 Å². The second-order valence-corrected chi connectivity index (χ2v) is 4.21. The molecule has 0 aliphatic heterocycles. The van der Waals surface area contributed by atoms with Crippen molar-refractivity contribution >= 4 is 21.7 Å². The third kappa shape index (κ3) is 1.83. The van der Waals surface area contributed by atoms with Crippen LogP contribution in [0.4, 0.5) is 0 Å². The minimum absolute atomic E-state index is 0.118. The average molecular weight is 241 g/mol. The van der Waals surface area contributed by atoms with Crippen LogP contribution >= 0.6 is 15.9 Å². The van der Waals surface area contributed by atoms with Gasteiger partial charge in [0.2, 0.25) is 0 Å².